The van der Waals surface area contributed by atoms with Crippen LogP contribution in [0.1, 0.15) is 0 Å². The molecular weight excluding hydrogens is 219 g/mol. The van der Waals surface area contributed by atoms with E-state index in [-0.39, 0.29) is 5.97 Å². The van der Waals surface area contributed by atoms with Gasteiger partial charge in [-0.3, -0.25) is 0 Å². The highest BCUT2D eigenvalue weighted by Crippen LogP contribution is 2.10. The molecule has 0 unspecified atom stereocenters. The Balaban J connectivity index is 2.73. The van der Waals surface area contributed by atoms with Gasteiger partial charge in [0, 0.05) is 10.2 Å². The molecule has 3 heteroatoms. The van der Waals surface area contributed by atoms with Crippen molar-refractivity contribution < 1.29 is 9.53 Å². The Labute approximate surface area is 60.4 Å². The molecule has 0 saturated heterocycles. The Morgan fingerprint density at radius 2 is 2.38 bits per heavy atom. The molecule has 0 aromatic heterocycles. The first-order valence-electron chi connectivity index (χ1n) is 2.03. The smallest absolute Gasteiger partial charge is 0.336 e. The first-order valence-corrected chi connectivity index (χ1v) is 3.28. The Hall–Kier alpha value is -0.320. The van der Waals surface area contributed by atoms with Crippen LogP contribution in [0, 0.1) is 0 Å². The molecule has 0 aromatic rings. The summed E-state index contributed by atoms with van der Waals surface area (Å²) < 4.78 is 6.32. The third-order valence-corrected chi connectivity index (χ3v) is 1.32. The van der Waals surface area contributed by atoms with Gasteiger partial charge in [0.05, 0.1) is 0 Å². The Bertz CT molecular complexity index is 169. The predicted octanol–water partition coefficient (Wildman–Crippen LogP) is 1.38. The Morgan fingerprint density at radius 1 is 1.62 bits per heavy atom. The van der Waals surface area contributed by atoms with E-state index >= 15 is 0 Å². The number of hydrogen-bond donors (Lipinski definition) is 0. The zero-order chi connectivity index (χ0) is 5.98. The maximum atomic E-state index is 10.3. The number of rotatable bonds is 0. The van der Waals surface area contributed by atoms with E-state index in [1.165, 1.54) is 6.08 Å². The van der Waals surface area contributed by atoms with Gasteiger partial charge in [-0.2, -0.15) is 0 Å². The van der Waals surface area contributed by atoms with Crippen molar-refractivity contribution in [3.63, 3.8) is 0 Å². The van der Waals surface area contributed by atoms with Gasteiger partial charge in [-0.15, -0.1) is 0 Å². The van der Waals surface area contributed by atoms with Crippen molar-refractivity contribution in [2.24, 2.45) is 0 Å². The first kappa shape index (κ1) is 5.81. The molecule has 1 aliphatic rings. The lowest BCUT2D eigenvalue weighted by Gasteiger charge is -1.88. The summed E-state index contributed by atoms with van der Waals surface area (Å²) in [4.78, 5) is 10.3. The molecule has 0 atom stereocenters. The highest BCUT2D eigenvalue weighted by Gasteiger charge is 2.06. The van der Waals surface area contributed by atoms with Crippen molar-refractivity contribution in [3.05, 3.63) is 22.0 Å². The summed E-state index contributed by atoms with van der Waals surface area (Å²) in [7, 11) is 0. The first-order chi connectivity index (χ1) is 3.83. The van der Waals surface area contributed by atoms with E-state index in [1.807, 2.05) is 22.6 Å². The van der Waals surface area contributed by atoms with Crippen molar-refractivity contribution in [1.82, 2.24) is 0 Å². The minimum absolute atomic E-state index is 0.284. The molecule has 0 saturated carbocycles. The number of esters is 1. The van der Waals surface area contributed by atoms with Gasteiger partial charge in [0.15, 0.2) is 0 Å². The fraction of sp³-hybridized carbons (Fsp3) is 0. The van der Waals surface area contributed by atoms with Crippen LogP contribution in [0.25, 0.3) is 0 Å². The summed E-state index contributed by atoms with van der Waals surface area (Å²) in [6.45, 7) is 0. The van der Waals surface area contributed by atoms with Crippen LogP contribution in [0.5, 0.6) is 0 Å². The number of carbonyl (C=O) groups is 1. The van der Waals surface area contributed by atoms with E-state index < -0.39 is 0 Å². The fourth-order valence-electron chi connectivity index (χ4n) is 0.393. The minimum Gasteiger partial charge on any atom is -0.423 e. The number of ether oxygens (including phenoxy) is 1. The molecule has 0 bridgehead atoms. The molecule has 0 N–H and O–H groups in total. The molecule has 2 nitrogen and oxygen atoms in total. The average Bonchev–Trinajstić information content (AvgIpc) is 2.14. The number of carbonyl (C=O) groups excluding carboxylic acids is 1. The van der Waals surface area contributed by atoms with Gasteiger partial charge >= 0.3 is 5.97 Å². The number of halogens is 1. The summed E-state index contributed by atoms with van der Waals surface area (Å²) in [5, 5.41) is 0. The van der Waals surface area contributed by atoms with E-state index in [1.54, 1.807) is 10.2 Å². The monoisotopic (exact) mass is 222 g/mol. The quantitative estimate of drug-likeness (QED) is 0.457. The maximum Gasteiger partial charge on any atom is 0.336 e. The van der Waals surface area contributed by atoms with Gasteiger partial charge in [-0.1, -0.05) is 0 Å². The van der Waals surface area contributed by atoms with E-state index in [9.17, 15) is 4.79 Å². The van der Waals surface area contributed by atoms with Crippen LogP contribution in [-0.2, 0) is 9.53 Å². The number of cyclic esters (lactones) is 1. The van der Waals surface area contributed by atoms with Gasteiger partial charge in [0.1, 0.15) is 5.76 Å². The fourth-order valence-corrected chi connectivity index (χ4v) is 0.728. The van der Waals surface area contributed by atoms with Gasteiger partial charge in [-0.25, -0.2) is 4.79 Å². The molecule has 0 spiro atoms. The molecule has 42 valence electrons. The van der Waals surface area contributed by atoms with Crippen LogP contribution in [0.15, 0.2) is 22.0 Å². The van der Waals surface area contributed by atoms with E-state index in [0.29, 0.717) is 5.76 Å². The van der Waals surface area contributed by atoms with Crippen molar-refractivity contribution in [2.45, 2.75) is 0 Å². The number of allylic oxidation sites excluding steroid dienone is 1. The van der Waals surface area contributed by atoms with Gasteiger partial charge in [-0.05, 0) is 28.7 Å². The SMILES string of the molecule is O=C1C=C/C(=C\I)O1. The van der Waals surface area contributed by atoms with Crippen LogP contribution in [-0.4, -0.2) is 5.97 Å². The maximum absolute atomic E-state index is 10.3. The normalized spacial score (nSPS) is 22.1. The second-order valence-corrected chi connectivity index (χ2v) is 1.89. The number of hydrogen-bond acceptors (Lipinski definition) is 2. The zero-order valence-electron chi connectivity index (χ0n) is 3.93. The van der Waals surface area contributed by atoms with Crippen molar-refractivity contribution >= 4 is 28.6 Å². The molecule has 1 rings (SSSR count). The van der Waals surface area contributed by atoms with Crippen LogP contribution < -0.4 is 0 Å². The summed E-state index contributed by atoms with van der Waals surface area (Å²) in [6.07, 6.45) is 3.03. The Morgan fingerprint density at radius 3 is 2.62 bits per heavy atom. The Kier molecular flexibility index (Phi) is 1.67. The lowest BCUT2D eigenvalue weighted by atomic mass is 10.5. The van der Waals surface area contributed by atoms with Crippen LogP contribution in [0.2, 0.25) is 0 Å². The summed E-state index contributed by atoms with van der Waals surface area (Å²) >= 11 is 2.01. The molecule has 0 fully saturated rings. The lowest BCUT2D eigenvalue weighted by molar-refractivity contribution is -0.132. The van der Waals surface area contributed by atoms with Gasteiger partial charge in [0.25, 0.3) is 0 Å². The second-order valence-electron chi connectivity index (χ2n) is 1.27. The molecule has 1 aliphatic heterocycles. The van der Waals surface area contributed by atoms with Crippen molar-refractivity contribution in [3.8, 4) is 0 Å². The molecule has 0 amide bonds. The molecular formula is C5H3IO2. The molecule has 0 aromatic carbocycles. The van der Waals surface area contributed by atoms with E-state index in [2.05, 4.69) is 4.74 Å². The van der Waals surface area contributed by atoms with Crippen molar-refractivity contribution in [2.75, 3.05) is 0 Å². The molecule has 8 heavy (non-hydrogen) atoms. The minimum atomic E-state index is -0.284. The third-order valence-electron chi connectivity index (χ3n) is 0.710. The van der Waals surface area contributed by atoms with Crippen LogP contribution >= 0.6 is 22.6 Å². The highest BCUT2D eigenvalue weighted by atomic mass is 127. The summed E-state index contributed by atoms with van der Waals surface area (Å²) in [5.41, 5.74) is 0. The van der Waals surface area contributed by atoms with E-state index in [0.717, 1.165) is 0 Å². The molecule has 0 radical (unpaired) electrons. The summed E-state index contributed by atoms with van der Waals surface area (Å²) in [5.74, 6) is 0.337. The van der Waals surface area contributed by atoms with Crippen LogP contribution in [0.4, 0.5) is 0 Å². The molecule has 1 heterocycles. The standard InChI is InChI=1S/C5H3IO2/c6-3-4-1-2-5(7)8-4/h1-3H/b4-3+. The summed E-state index contributed by atoms with van der Waals surface area (Å²) in [6, 6.07) is 0. The van der Waals surface area contributed by atoms with Crippen molar-refractivity contribution in [1.29, 1.82) is 0 Å². The second kappa shape index (κ2) is 2.30. The van der Waals surface area contributed by atoms with Gasteiger partial charge < -0.3 is 4.74 Å². The highest BCUT2D eigenvalue weighted by molar-refractivity contribution is 14.1. The van der Waals surface area contributed by atoms with Gasteiger partial charge in [0.2, 0.25) is 0 Å². The molecule has 0 aliphatic carbocycles. The topological polar surface area (TPSA) is 26.3 Å². The predicted molar refractivity (Wildman–Crippen MR) is 37.3 cm³/mol. The lowest BCUT2D eigenvalue weighted by Crippen LogP contribution is -1.88. The van der Waals surface area contributed by atoms with E-state index in [4.69, 9.17) is 0 Å². The third kappa shape index (κ3) is 1.09. The largest absolute Gasteiger partial charge is 0.423 e. The average molecular weight is 222 g/mol. The van der Waals surface area contributed by atoms with Crippen LogP contribution in [0.3, 0.4) is 0 Å². The zero-order valence-corrected chi connectivity index (χ0v) is 6.08.